The molecular formula is C21H28FIN4O2. The second-order valence-corrected chi connectivity index (χ2v) is 7.71. The van der Waals surface area contributed by atoms with Gasteiger partial charge >= 0.3 is 0 Å². The summed E-state index contributed by atoms with van der Waals surface area (Å²) >= 11 is 0. The molecule has 29 heavy (non-hydrogen) atoms. The summed E-state index contributed by atoms with van der Waals surface area (Å²) in [5.74, 6) is 2.51. The minimum atomic E-state index is -0.276. The van der Waals surface area contributed by atoms with Gasteiger partial charge in [-0.05, 0) is 32.0 Å². The Kier molecular flexibility index (Phi) is 7.67. The van der Waals surface area contributed by atoms with Crippen molar-refractivity contribution in [1.29, 1.82) is 0 Å². The summed E-state index contributed by atoms with van der Waals surface area (Å²) in [4.78, 5) is 8.89. The second kappa shape index (κ2) is 9.60. The number of aryl methyl sites for hydroxylation is 1. The average Bonchev–Trinajstić information content (AvgIpc) is 3.23. The van der Waals surface area contributed by atoms with Crippen molar-refractivity contribution < 1.29 is 13.2 Å². The Morgan fingerprint density at radius 1 is 1.21 bits per heavy atom. The Balaban J connectivity index is 0.00000300. The monoisotopic (exact) mass is 514 g/mol. The fourth-order valence-corrected chi connectivity index (χ4v) is 2.79. The van der Waals surface area contributed by atoms with Gasteiger partial charge < -0.3 is 19.5 Å². The topological polar surface area (TPSA) is 75.6 Å². The molecule has 0 spiro atoms. The van der Waals surface area contributed by atoms with Crippen LogP contribution in [0, 0.1) is 12.7 Å². The van der Waals surface area contributed by atoms with Crippen molar-refractivity contribution in [3.8, 4) is 0 Å². The first-order chi connectivity index (χ1) is 13.3. The van der Waals surface area contributed by atoms with E-state index in [1.54, 1.807) is 12.3 Å². The first-order valence-corrected chi connectivity index (χ1v) is 9.43. The van der Waals surface area contributed by atoms with Gasteiger partial charge in [0.1, 0.15) is 29.5 Å². The summed E-state index contributed by atoms with van der Waals surface area (Å²) in [7, 11) is 0. The number of aromatic nitrogens is 1. The van der Waals surface area contributed by atoms with Gasteiger partial charge in [-0.2, -0.15) is 0 Å². The molecule has 3 aromatic rings. The third-order valence-electron chi connectivity index (χ3n) is 4.42. The Hall–Kier alpha value is -2.10. The number of benzene rings is 1. The highest BCUT2D eigenvalue weighted by atomic mass is 127. The Labute approximate surface area is 187 Å². The SMILES string of the molecule is CCNC(=NCc1oc2ccc(F)cc2c1C)NCc1ncc(C(C)(C)C)o1.I. The molecule has 2 heterocycles. The van der Waals surface area contributed by atoms with E-state index in [4.69, 9.17) is 8.83 Å². The van der Waals surface area contributed by atoms with Crippen LogP contribution in [0.4, 0.5) is 4.39 Å². The average molecular weight is 514 g/mol. The summed E-state index contributed by atoms with van der Waals surface area (Å²) in [5.41, 5.74) is 1.48. The highest BCUT2D eigenvalue weighted by Crippen LogP contribution is 2.26. The molecule has 0 aliphatic heterocycles. The normalized spacial score (nSPS) is 12.1. The molecular weight excluding hydrogens is 486 g/mol. The van der Waals surface area contributed by atoms with Gasteiger partial charge in [-0.25, -0.2) is 14.4 Å². The first-order valence-electron chi connectivity index (χ1n) is 9.43. The van der Waals surface area contributed by atoms with Crippen LogP contribution in [0.15, 0.2) is 38.2 Å². The minimum Gasteiger partial charge on any atom is -0.459 e. The lowest BCUT2D eigenvalue weighted by atomic mass is 9.94. The van der Waals surface area contributed by atoms with Crippen LogP contribution in [-0.4, -0.2) is 17.5 Å². The number of nitrogens with one attached hydrogen (secondary N) is 2. The van der Waals surface area contributed by atoms with Crippen molar-refractivity contribution in [2.45, 2.75) is 53.1 Å². The predicted octanol–water partition coefficient (Wildman–Crippen LogP) is 5.04. The van der Waals surface area contributed by atoms with Crippen molar-refractivity contribution in [2.24, 2.45) is 4.99 Å². The molecule has 0 saturated carbocycles. The van der Waals surface area contributed by atoms with Crippen LogP contribution in [0.5, 0.6) is 0 Å². The number of furan rings is 1. The van der Waals surface area contributed by atoms with Crippen LogP contribution in [0.3, 0.4) is 0 Å². The van der Waals surface area contributed by atoms with Crippen LogP contribution in [-0.2, 0) is 18.5 Å². The van der Waals surface area contributed by atoms with Crippen LogP contribution in [0.25, 0.3) is 11.0 Å². The van der Waals surface area contributed by atoms with Gasteiger partial charge in [0.2, 0.25) is 5.89 Å². The van der Waals surface area contributed by atoms with E-state index in [0.717, 1.165) is 23.3 Å². The predicted molar refractivity (Wildman–Crippen MR) is 123 cm³/mol. The third kappa shape index (κ3) is 5.71. The van der Waals surface area contributed by atoms with Gasteiger partial charge in [-0.1, -0.05) is 20.8 Å². The molecule has 1 aromatic carbocycles. The summed E-state index contributed by atoms with van der Waals surface area (Å²) in [5, 5.41) is 7.18. The molecule has 8 heteroatoms. The standard InChI is InChI=1S/C21H27FN4O2.HI/c1-6-23-20(26-12-19-24-11-18(28-19)21(3,4)5)25-10-17-13(2)15-9-14(22)7-8-16(15)27-17;/h7-9,11H,6,10,12H2,1-5H3,(H2,23,25,26);1H. The summed E-state index contributed by atoms with van der Waals surface area (Å²) in [6.07, 6.45) is 1.76. The van der Waals surface area contributed by atoms with E-state index >= 15 is 0 Å². The Bertz CT molecular complexity index is 988. The molecule has 0 amide bonds. The number of oxazole rings is 1. The second-order valence-electron chi connectivity index (χ2n) is 7.71. The first kappa shape index (κ1) is 23.2. The molecule has 0 saturated heterocycles. The molecule has 6 nitrogen and oxygen atoms in total. The molecule has 2 N–H and O–H groups in total. The number of rotatable bonds is 5. The molecule has 158 valence electrons. The third-order valence-corrected chi connectivity index (χ3v) is 4.42. The van der Waals surface area contributed by atoms with E-state index in [1.165, 1.54) is 12.1 Å². The van der Waals surface area contributed by atoms with Gasteiger partial charge in [-0.3, -0.25) is 0 Å². The van der Waals surface area contributed by atoms with Crippen LogP contribution < -0.4 is 10.6 Å². The lowest BCUT2D eigenvalue weighted by Crippen LogP contribution is -2.36. The van der Waals surface area contributed by atoms with Crippen LogP contribution in [0.1, 0.15) is 50.7 Å². The zero-order valence-electron chi connectivity index (χ0n) is 17.4. The largest absolute Gasteiger partial charge is 0.459 e. The summed E-state index contributed by atoms with van der Waals surface area (Å²) < 4.78 is 25.1. The molecule has 0 bridgehead atoms. The Morgan fingerprint density at radius 2 is 1.97 bits per heavy atom. The number of aliphatic imine (C=N–C) groups is 1. The maximum absolute atomic E-state index is 13.5. The Morgan fingerprint density at radius 3 is 2.62 bits per heavy atom. The van der Waals surface area contributed by atoms with E-state index in [1.807, 2.05) is 13.8 Å². The van der Waals surface area contributed by atoms with E-state index in [9.17, 15) is 4.39 Å². The van der Waals surface area contributed by atoms with Crippen LogP contribution >= 0.6 is 24.0 Å². The molecule has 0 fully saturated rings. The lowest BCUT2D eigenvalue weighted by molar-refractivity contribution is 0.379. The van der Waals surface area contributed by atoms with Gasteiger partial charge in [-0.15, -0.1) is 24.0 Å². The highest BCUT2D eigenvalue weighted by molar-refractivity contribution is 14.0. The van der Waals surface area contributed by atoms with Gasteiger partial charge in [0, 0.05) is 22.9 Å². The van der Waals surface area contributed by atoms with Crippen molar-refractivity contribution in [3.63, 3.8) is 0 Å². The quantitative estimate of drug-likeness (QED) is 0.284. The number of nitrogens with zero attached hydrogens (tertiary/aromatic N) is 2. The van der Waals surface area contributed by atoms with Crippen LogP contribution in [0.2, 0.25) is 0 Å². The summed E-state index contributed by atoms with van der Waals surface area (Å²) in [6, 6.07) is 4.52. The number of guanidine groups is 1. The van der Waals surface area contributed by atoms with Crippen molar-refractivity contribution in [2.75, 3.05) is 6.54 Å². The van der Waals surface area contributed by atoms with Gasteiger partial charge in [0.05, 0.1) is 12.7 Å². The zero-order valence-corrected chi connectivity index (χ0v) is 19.8. The van der Waals surface area contributed by atoms with E-state index in [2.05, 4.69) is 41.4 Å². The van der Waals surface area contributed by atoms with Crippen molar-refractivity contribution in [3.05, 3.63) is 53.2 Å². The maximum Gasteiger partial charge on any atom is 0.213 e. The smallest absolute Gasteiger partial charge is 0.213 e. The summed E-state index contributed by atoms with van der Waals surface area (Å²) in [6.45, 7) is 11.6. The molecule has 0 aliphatic carbocycles. The zero-order chi connectivity index (χ0) is 20.3. The van der Waals surface area contributed by atoms with Crippen molar-refractivity contribution in [1.82, 2.24) is 15.6 Å². The molecule has 0 unspecified atom stereocenters. The van der Waals surface area contributed by atoms with Gasteiger partial charge in [0.15, 0.2) is 5.96 Å². The minimum absolute atomic E-state index is 0. The number of hydrogen-bond donors (Lipinski definition) is 2. The molecule has 3 rings (SSSR count). The number of hydrogen-bond acceptors (Lipinski definition) is 4. The highest BCUT2D eigenvalue weighted by Gasteiger charge is 2.19. The fraction of sp³-hybridized carbons (Fsp3) is 0.429. The maximum atomic E-state index is 13.5. The molecule has 0 aliphatic rings. The molecule has 0 radical (unpaired) electrons. The van der Waals surface area contributed by atoms with E-state index < -0.39 is 0 Å². The number of halogens is 2. The number of fused-ring (bicyclic) bond motifs is 1. The van der Waals surface area contributed by atoms with E-state index in [-0.39, 0.29) is 35.2 Å². The van der Waals surface area contributed by atoms with Crippen molar-refractivity contribution >= 4 is 40.9 Å². The lowest BCUT2D eigenvalue weighted by Gasteiger charge is -2.13. The fourth-order valence-electron chi connectivity index (χ4n) is 2.79. The molecule has 2 aromatic heterocycles. The molecule has 0 atom stereocenters. The van der Waals surface area contributed by atoms with Gasteiger partial charge in [0.25, 0.3) is 0 Å². The van der Waals surface area contributed by atoms with E-state index in [0.29, 0.717) is 36.3 Å².